The highest BCUT2D eigenvalue weighted by atomic mass is 16.4. The second kappa shape index (κ2) is 5.90. The van der Waals surface area contributed by atoms with Crippen LogP contribution >= 0.6 is 0 Å². The van der Waals surface area contributed by atoms with Crippen molar-refractivity contribution in [2.24, 2.45) is 11.8 Å². The maximum absolute atomic E-state index is 12.2. The average Bonchev–Trinajstić information content (AvgIpc) is 2.86. The van der Waals surface area contributed by atoms with Gasteiger partial charge in [0.05, 0.1) is 6.10 Å². The Morgan fingerprint density at radius 1 is 1.16 bits per heavy atom. The number of aliphatic carboxylic acids is 1. The summed E-state index contributed by atoms with van der Waals surface area (Å²) in [5, 5.41) is 19.1. The summed E-state index contributed by atoms with van der Waals surface area (Å²) in [5.74, 6) is -2.23. The largest absolute Gasteiger partial charge is 0.481 e. The summed E-state index contributed by atoms with van der Waals surface area (Å²) in [6.45, 7) is 2.07. The first-order valence-electron chi connectivity index (χ1n) is 7.23. The first-order valence-corrected chi connectivity index (χ1v) is 7.23. The predicted octanol–water partition coefficient (Wildman–Crippen LogP) is 1.25. The number of carboxylic acids is 1. The Hall–Kier alpha value is -1.10. The smallest absolute Gasteiger partial charge is 0.315 e. The maximum atomic E-state index is 12.2. The SMILES string of the molecule is CC(C(=O)O)C(=O)N1CCCC1C1CCCCC1O. The lowest BCUT2D eigenvalue weighted by atomic mass is 9.80. The van der Waals surface area contributed by atoms with Crippen molar-refractivity contribution >= 4 is 11.9 Å². The third-order valence-electron chi connectivity index (χ3n) is 4.60. The van der Waals surface area contributed by atoms with Crippen molar-refractivity contribution in [3.8, 4) is 0 Å². The van der Waals surface area contributed by atoms with Crippen molar-refractivity contribution in [1.82, 2.24) is 4.90 Å². The molecule has 1 saturated carbocycles. The number of likely N-dealkylation sites (tertiary alicyclic amines) is 1. The van der Waals surface area contributed by atoms with Crippen LogP contribution in [-0.2, 0) is 9.59 Å². The van der Waals surface area contributed by atoms with E-state index in [1.807, 2.05) is 0 Å². The predicted molar refractivity (Wildman–Crippen MR) is 69.5 cm³/mol. The second-order valence-electron chi connectivity index (χ2n) is 5.82. The van der Waals surface area contributed by atoms with Gasteiger partial charge in [-0.05, 0) is 32.6 Å². The fourth-order valence-electron chi connectivity index (χ4n) is 3.45. The molecular weight excluding hydrogens is 246 g/mol. The standard InChI is InChI=1S/C14H23NO4/c1-9(14(18)19)13(17)15-8-4-6-11(15)10-5-2-3-7-12(10)16/h9-12,16H,2-8H2,1H3,(H,18,19). The Bertz CT molecular complexity index is 357. The molecule has 1 saturated heterocycles. The number of aliphatic hydroxyl groups is 1. The molecule has 1 heterocycles. The van der Waals surface area contributed by atoms with Crippen LogP contribution in [0.1, 0.15) is 45.4 Å². The molecule has 1 aliphatic carbocycles. The summed E-state index contributed by atoms with van der Waals surface area (Å²) in [6, 6.07) is 0.0320. The quantitative estimate of drug-likeness (QED) is 0.756. The molecule has 2 fully saturated rings. The van der Waals surface area contributed by atoms with Crippen molar-refractivity contribution in [3.05, 3.63) is 0 Å². The van der Waals surface area contributed by atoms with Crippen LogP contribution in [0.2, 0.25) is 0 Å². The number of carboxylic acid groups (broad SMARTS) is 1. The Morgan fingerprint density at radius 3 is 2.47 bits per heavy atom. The third-order valence-corrected chi connectivity index (χ3v) is 4.60. The van der Waals surface area contributed by atoms with Gasteiger partial charge in [-0.1, -0.05) is 12.8 Å². The molecule has 4 atom stereocenters. The minimum atomic E-state index is -1.07. The molecule has 2 aliphatic rings. The molecule has 0 aromatic heterocycles. The molecule has 0 bridgehead atoms. The molecule has 2 N–H and O–H groups in total. The van der Waals surface area contributed by atoms with Crippen molar-refractivity contribution in [2.45, 2.75) is 57.6 Å². The maximum Gasteiger partial charge on any atom is 0.315 e. The molecule has 19 heavy (non-hydrogen) atoms. The molecule has 5 heteroatoms. The van der Waals surface area contributed by atoms with Crippen LogP contribution in [0.25, 0.3) is 0 Å². The normalized spacial score (nSPS) is 33.2. The van der Waals surface area contributed by atoms with Gasteiger partial charge in [-0.15, -0.1) is 0 Å². The van der Waals surface area contributed by atoms with E-state index in [9.17, 15) is 14.7 Å². The molecule has 108 valence electrons. The van der Waals surface area contributed by atoms with Gasteiger partial charge in [0, 0.05) is 18.5 Å². The fraction of sp³-hybridized carbons (Fsp3) is 0.857. The van der Waals surface area contributed by atoms with Gasteiger partial charge in [-0.2, -0.15) is 0 Å². The molecule has 4 unspecified atom stereocenters. The minimum Gasteiger partial charge on any atom is -0.481 e. The highest BCUT2D eigenvalue weighted by molar-refractivity contribution is 5.96. The van der Waals surface area contributed by atoms with Gasteiger partial charge in [-0.25, -0.2) is 0 Å². The van der Waals surface area contributed by atoms with E-state index in [2.05, 4.69) is 0 Å². The van der Waals surface area contributed by atoms with Crippen LogP contribution in [0.3, 0.4) is 0 Å². The molecular formula is C14H23NO4. The first kappa shape index (κ1) is 14.3. The third kappa shape index (κ3) is 2.91. The molecule has 0 aromatic carbocycles. The number of nitrogens with zero attached hydrogens (tertiary/aromatic N) is 1. The summed E-state index contributed by atoms with van der Waals surface area (Å²) >= 11 is 0. The van der Waals surface area contributed by atoms with Gasteiger partial charge < -0.3 is 15.1 Å². The van der Waals surface area contributed by atoms with Gasteiger partial charge in [0.1, 0.15) is 5.92 Å². The van der Waals surface area contributed by atoms with E-state index in [-0.39, 0.29) is 24.0 Å². The lowest BCUT2D eigenvalue weighted by molar-refractivity contribution is -0.151. The fourth-order valence-corrected chi connectivity index (χ4v) is 3.45. The Kier molecular flexibility index (Phi) is 4.45. The first-order chi connectivity index (χ1) is 9.02. The van der Waals surface area contributed by atoms with Gasteiger partial charge in [0.15, 0.2) is 0 Å². The zero-order valence-corrected chi connectivity index (χ0v) is 11.4. The van der Waals surface area contributed by atoms with Gasteiger partial charge in [0.2, 0.25) is 5.91 Å². The van der Waals surface area contributed by atoms with E-state index >= 15 is 0 Å². The van der Waals surface area contributed by atoms with Crippen LogP contribution in [0, 0.1) is 11.8 Å². The average molecular weight is 269 g/mol. The van der Waals surface area contributed by atoms with Crippen molar-refractivity contribution in [1.29, 1.82) is 0 Å². The zero-order valence-electron chi connectivity index (χ0n) is 11.4. The summed E-state index contributed by atoms with van der Waals surface area (Å²) in [4.78, 5) is 24.9. The van der Waals surface area contributed by atoms with E-state index in [1.165, 1.54) is 6.92 Å². The highest BCUT2D eigenvalue weighted by Gasteiger charge is 2.41. The van der Waals surface area contributed by atoms with Crippen molar-refractivity contribution in [2.75, 3.05) is 6.54 Å². The molecule has 0 spiro atoms. The number of carbonyl (C=O) groups is 2. The summed E-state index contributed by atoms with van der Waals surface area (Å²) in [6.07, 6.45) is 5.34. The van der Waals surface area contributed by atoms with Gasteiger partial charge >= 0.3 is 5.97 Å². The molecule has 0 aromatic rings. The molecule has 5 nitrogen and oxygen atoms in total. The minimum absolute atomic E-state index is 0.0320. The topological polar surface area (TPSA) is 77.8 Å². The summed E-state index contributed by atoms with van der Waals surface area (Å²) in [5.41, 5.74) is 0. The van der Waals surface area contributed by atoms with Crippen LogP contribution in [-0.4, -0.2) is 45.7 Å². The number of aliphatic hydroxyl groups excluding tert-OH is 1. The zero-order chi connectivity index (χ0) is 14.0. The molecule has 1 amide bonds. The molecule has 2 rings (SSSR count). The number of carbonyl (C=O) groups excluding carboxylic acids is 1. The number of hydrogen-bond donors (Lipinski definition) is 2. The van der Waals surface area contributed by atoms with Gasteiger partial charge in [-0.3, -0.25) is 9.59 Å². The van der Waals surface area contributed by atoms with Crippen LogP contribution in [0.5, 0.6) is 0 Å². The number of amides is 1. The Morgan fingerprint density at radius 2 is 1.84 bits per heavy atom. The molecule has 1 aliphatic heterocycles. The van der Waals surface area contributed by atoms with E-state index in [4.69, 9.17) is 5.11 Å². The number of hydrogen-bond acceptors (Lipinski definition) is 3. The van der Waals surface area contributed by atoms with Crippen LogP contribution < -0.4 is 0 Å². The van der Waals surface area contributed by atoms with E-state index in [0.29, 0.717) is 6.54 Å². The lowest BCUT2D eigenvalue weighted by Gasteiger charge is -2.37. The van der Waals surface area contributed by atoms with Crippen LogP contribution in [0.15, 0.2) is 0 Å². The van der Waals surface area contributed by atoms with E-state index < -0.39 is 11.9 Å². The highest BCUT2D eigenvalue weighted by Crippen LogP contribution is 2.35. The van der Waals surface area contributed by atoms with Crippen LogP contribution in [0.4, 0.5) is 0 Å². The van der Waals surface area contributed by atoms with E-state index in [0.717, 1.165) is 38.5 Å². The second-order valence-corrected chi connectivity index (χ2v) is 5.82. The summed E-state index contributed by atoms with van der Waals surface area (Å²) < 4.78 is 0. The Balaban J connectivity index is 2.07. The number of rotatable bonds is 3. The molecule has 0 radical (unpaired) electrons. The van der Waals surface area contributed by atoms with Gasteiger partial charge in [0.25, 0.3) is 0 Å². The monoisotopic (exact) mass is 269 g/mol. The van der Waals surface area contributed by atoms with Crippen molar-refractivity contribution < 1.29 is 19.8 Å². The Labute approximate surface area is 113 Å². The van der Waals surface area contributed by atoms with Crippen molar-refractivity contribution in [3.63, 3.8) is 0 Å². The lowest BCUT2D eigenvalue weighted by Crippen LogP contribution is -2.47. The van der Waals surface area contributed by atoms with E-state index in [1.54, 1.807) is 4.90 Å². The summed E-state index contributed by atoms with van der Waals surface area (Å²) in [7, 11) is 0.